The largest absolute Gasteiger partial charge is 0.480 e. The normalized spacial score (nSPS) is 24.1. The van der Waals surface area contributed by atoms with Crippen molar-refractivity contribution in [1.29, 1.82) is 0 Å². The summed E-state index contributed by atoms with van der Waals surface area (Å²) in [4.78, 5) is 16.1. The molecule has 1 fully saturated rings. The number of hydrogen-bond acceptors (Lipinski definition) is 4. The van der Waals surface area contributed by atoms with E-state index in [-0.39, 0.29) is 16.6 Å². The van der Waals surface area contributed by atoms with Gasteiger partial charge >= 0.3 is 5.97 Å². The lowest BCUT2D eigenvalue weighted by Gasteiger charge is -2.23. The van der Waals surface area contributed by atoms with Crippen LogP contribution in [0.25, 0.3) is 0 Å². The van der Waals surface area contributed by atoms with Gasteiger partial charge in [0.15, 0.2) is 6.04 Å². The van der Waals surface area contributed by atoms with Crippen molar-refractivity contribution in [3.63, 3.8) is 0 Å². The Kier molecular flexibility index (Phi) is 4.14. The lowest BCUT2D eigenvalue weighted by Crippen LogP contribution is -2.33. The Morgan fingerprint density at radius 3 is 2.61 bits per heavy atom. The van der Waals surface area contributed by atoms with Crippen LogP contribution in [-0.4, -0.2) is 31.4 Å². The maximum absolute atomic E-state index is 12.1. The second kappa shape index (κ2) is 5.96. The third-order valence-electron chi connectivity index (χ3n) is 4.83. The fourth-order valence-corrected chi connectivity index (χ4v) is 4.75. The van der Waals surface area contributed by atoms with E-state index < -0.39 is 22.0 Å². The zero-order valence-corrected chi connectivity index (χ0v) is 13.7. The number of aliphatic imine (C=N–C) groups is 1. The van der Waals surface area contributed by atoms with Gasteiger partial charge in [-0.25, -0.2) is 13.2 Å². The lowest BCUT2D eigenvalue weighted by molar-refractivity contribution is -0.140. The molecule has 124 valence electrons. The Labute approximate surface area is 135 Å². The van der Waals surface area contributed by atoms with Gasteiger partial charge in [0.25, 0.3) is 10.0 Å². The Morgan fingerprint density at radius 2 is 1.96 bits per heavy atom. The van der Waals surface area contributed by atoms with Crippen LogP contribution in [0, 0.1) is 11.8 Å². The first kappa shape index (κ1) is 16.0. The Morgan fingerprint density at radius 1 is 1.30 bits per heavy atom. The molecule has 7 heteroatoms. The number of sulfonamides is 1. The van der Waals surface area contributed by atoms with E-state index in [2.05, 4.69) is 9.71 Å². The molecule has 0 spiro atoms. The molecule has 1 heterocycles. The van der Waals surface area contributed by atoms with Crippen LogP contribution in [0.5, 0.6) is 0 Å². The van der Waals surface area contributed by atoms with Crippen LogP contribution in [0.3, 0.4) is 0 Å². The molecule has 1 unspecified atom stereocenters. The number of amidine groups is 1. The third-order valence-corrected chi connectivity index (χ3v) is 6.22. The van der Waals surface area contributed by atoms with Gasteiger partial charge in [0.2, 0.25) is 0 Å². The Balaban J connectivity index is 1.96. The number of carboxylic acid groups (broad SMARTS) is 1. The zero-order chi connectivity index (χ0) is 16.6. The van der Waals surface area contributed by atoms with Crippen molar-refractivity contribution in [3.05, 3.63) is 29.8 Å². The summed E-state index contributed by atoms with van der Waals surface area (Å²) in [7, 11) is -3.64. The minimum atomic E-state index is -3.64. The predicted molar refractivity (Wildman–Crippen MR) is 85.8 cm³/mol. The molecule has 3 rings (SSSR count). The summed E-state index contributed by atoms with van der Waals surface area (Å²) in [6, 6.07) is 5.55. The quantitative estimate of drug-likeness (QED) is 0.879. The number of carbonyl (C=O) groups is 1. The predicted octanol–water partition coefficient (Wildman–Crippen LogP) is 2.00. The standard InChI is InChI=1S/C16H20N2O4S/c1-10(11-6-2-3-7-11)14(16(19)20)17-15-12-8-4-5-9-13(12)23(21,22)18-15/h4-5,8-11,14H,2-3,6-7H2,1H3,(H,17,18)(H,19,20)/t10-,14?/m0/s1. The van der Waals surface area contributed by atoms with Crippen molar-refractivity contribution < 1.29 is 18.3 Å². The van der Waals surface area contributed by atoms with Gasteiger partial charge < -0.3 is 5.11 Å². The number of hydrogen-bond donors (Lipinski definition) is 2. The first-order valence-electron chi connectivity index (χ1n) is 7.83. The van der Waals surface area contributed by atoms with Crippen molar-refractivity contribution in [2.24, 2.45) is 16.8 Å². The molecular weight excluding hydrogens is 316 g/mol. The van der Waals surface area contributed by atoms with Crippen LogP contribution in [-0.2, 0) is 14.8 Å². The number of rotatable bonds is 4. The molecular formula is C16H20N2O4S. The SMILES string of the molecule is C[C@@H](C1CCCC1)C(N=C1NS(=O)(=O)c2ccccc21)C(=O)O. The number of nitrogens with zero attached hydrogens (tertiary/aromatic N) is 1. The Hall–Kier alpha value is -1.89. The fourth-order valence-electron chi connectivity index (χ4n) is 3.51. The summed E-state index contributed by atoms with van der Waals surface area (Å²) < 4.78 is 26.6. The minimum Gasteiger partial charge on any atom is -0.480 e. The first-order valence-corrected chi connectivity index (χ1v) is 9.31. The van der Waals surface area contributed by atoms with E-state index in [9.17, 15) is 18.3 Å². The number of carboxylic acids is 1. The highest BCUT2D eigenvalue weighted by Crippen LogP contribution is 2.34. The smallest absolute Gasteiger partial charge is 0.328 e. The highest BCUT2D eigenvalue weighted by molar-refractivity contribution is 7.90. The maximum Gasteiger partial charge on any atom is 0.328 e. The van der Waals surface area contributed by atoms with Crippen molar-refractivity contribution in [1.82, 2.24) is 4.72 Å². The van der Waals surface area contributed by atoms with Crippen molar-refractivity contribution in [3.8, 4) is 0 Å². The van der Waals surface area contributed by atoms with Gasteiger partial charge in [-0.15, -0.1) is 0 Å². The van der Waals surface area contributed by atoms with Gasteiger partial charge in [0, 0.05) is 5.56 Å². The van der Waals surface area contributed by atoms with Gasteiger partial charge in [0.1, 0.15) is 5.84 Å². The molecule has 6 nitrogen and oxygen atoms in total. The van der Waals surface area contributed by atoms with Crippen molar-refractivity contribution >= 4 is 21.8 Å². The summed E-state index contributed by atoms with van der Waals surface area (Å²) in [5.74, 6) is -0.674. The summed E-state index contributed by atoms with van der Waals surface area (Å²) in [5, 5.41) is 9.56. The Bertz CT molecular complexity index is 751. The topological polar surface area (TPSA) is 95.8 Å². The van der Waals surface area contributed by atoms with Gasteiger partial charge in [-0.05, 0) is 24.0 Å². The van der Waals surface area contributed by atoms with Crippen molar-refractivity contribution in [2.45, 2.75) is 43.5 Å². The van der Waals surface area contributed by atoms with E-state index in [0.717, 1.165) is 25.7 Å². The molecule has 1 aromatic carbocycles. The minimum absolute atomic E-state index is 0.125. The van der Waals surface area contributed by atoms with E-state index in [1.54, 1.807) is 18.2 Å². The molecule has 2 N–H and O–H groups in total. The molecule has 1 aliphatic carbocycles. The molecule has 0 saturated heterocycles. The summed E-state index contributed by atoms with van der Waals surface area (Å²) in [6.07, 6.45) is 4.26. The third kappa shape index (κ3) is 2.97. The maximum atomic E-state index is 12.1. The van der Waals surface area contributed by atoms with Crippen molar-refractivity contribution in [2.75, 3.05) is 0 Å². The average Bonchev–Trinajstić information content (AvgIpc) is 3.12. The summed E-state index contributed by atoms with van der Waals surface area (Å²) >= 11 is 0. The highest BCUT2D eigenvalue weighted by atomic mass is 32.2. The summed E-state index contributed by atoms with van der Waals surface area (Å²) in [5.41, 5.74) is 0.442. The number of aliphatic carboxylic acids is 1. The first-order chi connectivity index (χ1) is 10.9. The monoisotopic (exact) mass is 336 g/mol. The zero-order valence-electron chi connectivity index (χ0n) is 12.9. The molecule has 1 aromatic rings. The molecule has 0 bridgehead atoms. The molecule has 0 radical (unpaired) electrons. The molecule has 23 heavy (non-hydrogen) atoms. The van der Waals surface area contributed by atoms with E-state index in [1.807, 2.05) is 6.92 Å². The molecule has 2 atom stereocenters. The van der Waals surface area contributed by atoms with Crippen LogP contribution < -0.4 is 4.72 Å². The van der Waals surface area contributed by atoms with E-state index in [4.69, 9.17) is 0 Å². The fraction of sp³-hybridized carbons (Fsp3) is 0.500. The van der Waals surface area contributed by atoms with Gasteiger partial charge in [0.05, 0.1) is 4.90 Å². The van der Waals surface area contributed by atoms with Gasteiger partial charge in [-0.1, -0.05) is 44.7 Å². The van der Waals surface area contributed by atoms with Crippen LogP contribution >= 0.6 is 0 Å². The molecule has 0 aromatic heterocycles. The van der Waals surface area contributed by atoms with Gasteiger partial charge in [-0.2, -0.15) is 0 Å². The molecule has 0 amide bonds. The molecule has 1 aliphatic heterocycles. The molecule has 2 aliphatic rings. The van der Waals surface area contributed by atoms with Crippen LogP contribution in [0.1, 0.15) is 38.2 Å². The van der Waals surface area contributed by atoms with E-state index in [1.165, 1.54) is 6.07 Å². The summed E-state index contributed by atoms with van der Waals surface area (Å²) in [6.45, 7) is 1.90. The van der Waals surface area contributed by atoms with Crippen LogP contribution in [0.4, 0.5) is 0 Å². The van der Waals surface area contributed by atoms with E-state index >= 15 is 0 Å². The molecule has 1 saturated carbocycles. The highest BCUT2D eigenvalue weighted by Gasteiger charge is 2.36. The van der Waals surface area contributed by atoms with E-state index in [0.29, 0.717) is 11.5 Å². The van der Waals surface area contributed by atoms with Crippen LogP contribution in [0.2, 0.25) is 0 Å². The number of fused-ring (bicyclic) bond motifs is 1. The van der Waals surface area contributed by atoms with Gasteiger partial charge in [-0.3, -0.25) is 9.71 Å². The average molecular weight is 336 g/mol. The lowest BCUT2D eigenvalue weighted by atomic mass is 9.86. The number of benzene rings is 1. The van der Waals surface area contributed by atoms with Crippen LogP contribution in [0.15, 0.2) is 34.2 Å². The second-order valence-corrected chi connectivity index (χ2v) is 7.92. The second-order valence-electron chi connectivity index (χ2n) is 6.27. The number of nitrogens with one attached hydrogen (secondary N) is 1.